The van der Waals surface area contributed by atoms with E-state index < -0.39 is 0 Å². The van der Waals surface area contributed by atoms with Crippen molar-refractivity contribution in [3.8, 4) is 0 Å². The van der Waals surface area contributed by atoms with E-state index in [1.165, 1.54) is 6.07 Å². The lowest BCUT2D eigenvalue weighted by molar-refractivity contribution is 0.418. The van der Waals surface area contributed by atoms with Gasteiger partial charge in [0, 0.05) is 5.38 Å². The van der Waals surface area contributed by atoms with E-state index in [1.54, 1.807) is 6.07 Å². The van der Waals surface area contributed by atoms with E-state index in [2.05, 4.69) is 22.9 Å². The second kappa shape index (κ2) is 5.05. The quantitative estimate of drug-likeness (QED) is 0.690. The molecule has 0 radical (unpaired) electrons. The zero-order chi connectivity index (χ0) is 11.7. The molecule has 0 spiro atoms. The average molecular weight is 306 g/mol. The van der Waals surface area contributed by atoms with Gasteiger partial charge in [0.05, 0.1) is 4.47 Å². The van der Waals surface area contributed by atoms with E-state index in [0.29, 0.717) is 16.3 Å². The van der Waals surface area contributed by atoms with Crippen LogP contribution in [0.25, 0.3) is 0 Å². The Bertz CT molecular complexity index is 380. The number of alkyl halides is 1. The Kier molecular flexibility index (Phi) is 3.91. The molecule has 0 bridgehead atoms. The van der Waals surface area contributed by atoms with Crippen molar-refractivity contribution in [1.82, 2.24) is 0 Å². The molecule has 1 aromatic rings. The minimum absolute atomic E-state index is 0.175. The molecule has 16 heavy (non-hydrogen) atoms. The van der Waals surface area contributed by atoms with Gasteiger partial charge in [0.1, 0.15) is 5.82 Å². The van der Waals surface area contributed by atoms with Crippen molar-refractivity contribution in [3.63, 3.8) is 0 Å². The third kappa shape index (κ3) is 2.43. The fourth-order valence-corrected chi connectivity index (χ4v) is 3.23. The summed E-state index contributed by atoms with van der Waals surface area (Å²) in [4.78, 5) is 0. The highest BCUT2D eigenvalue weighted by molar-refractivity contribution is 9.10. The van der Waals surface area contributed by atoms with Crippen molar-refractivity contribution in [1.29, 1.82) is 0 Å². The highest BCUT2D eigenvalue weighted by Crippen LogP contribution is 2.38. The van der Waals surface area contributed by atoms with Crippen LogP contribution in [0.2, 0.25) is 0 Å². The van der Waals surface area contributed by atoms with Crippen molar-refractivity contribution < 1.29 is 4.39 Å². The molecular formula is C13H15BrClF. The predicted octanol–water partition coefficient (Wildman–Crippen LogP) is 4.78. The number of hydrogen-bond donors (Lipinski definition) is 0. The Morgan fingerprint density at radius 1 is 1.44 bits per heavy atom. The monoisotopic (exact) mass is 304 g/mol. The molecule has 3 heteroatoms. The Morgan fingerprint density at radius 2 is 2.19 bits per heavy atom. The maximum Gasteiger partial charge on any atom is 0.137 e. The Labute approximate surface area is 109 Å². The van der Waals surface area contributed by atoms with E-state index in [9.17, 15) is 4.39 Å². The van der Waals surface area contributed by atoms with Crippen LogP contribution in [-0.4, -0.2) is 5.38 Å². The first-order valence-corrected chi connectivity index (χ1v) is 6.89. The molecule has 1 aromatic carbocycles. The standard InChI is InChI=1S/C13H15BrClF/c1-8-9(5-6-11(8)15)7-10-3-2-4-12(16)13(10)14/h2-4,8-9,11H,5-7H2,1H3. The van der Waals surface area contributed by atoms with Gasteiger partial charge in [0.15, 0.2) is 0 Å². The van der Waals surface area contributed by atoms with E-state index in [0.717, 1.165) is 24.8 Å². The molecule has 0 heterocycles. The molecule has 3 atom stereocenters. The van der Waals surface area contributed by atoms with E-state index >= 15 is 0 Å². The Balaban J connectivity index is 2.12. The van der Waals surface area contributed by atoms with Gasteiger partial charge in [-0.15, -0.1) is 11.6 Å². The molecular weight excluding hydrogens is 290 g/mol. The molecule has 2 rings (SSSR count). The summed E-state index contributed by atoms with van der Waals surface area (Å²) in [7, 11) is 0. The summed E-state index contributed by atoms with van der Waals surface area (Å²) >= 11 is 9.52. The van der Waals surface area contributed by atoms with Crippen LogP contribution in [0.5, 0.6) is 0 Å². The highest BCUT2D eigenvalue weighted by atomic mass is 79.9. The normalized spacial score (nSPS) is 29.6. The largest absolute Gasteiger partial charge is 0.206 e. The number of rotatable bonds is 2. The first kappa shape index (κ1) is 12.4. The van der Waals surface area contributed by atoms with Gasteiger partial charge < -0.3 is 0 Å². The number of hydrogen-bond acceptors (Lipinski definition) is 0. The summed E-state index contributed by atoms with van der Waals surface area (Å²) < 4.78 is 14.0. The van der Waals surface area contributed by atoms with Crippen molar-refractivity contribution >= 4 is 27.5 Å². The number of halogens is 3. The first-order valence-electron chi connectivity index (χ1n) is 5.66. The van der Waals surface area contributed by atoms with Crippen LogP contribution >= 0.6 is 27.5 Å². The molecule has 0 N–H and O–H groups in total. The second-order valence-electron chi connectivity index (χ2n) is 4.63. The summed E-state index contributed by atoms with van der Waals surface area (Å²) in [5.74, 6) is 0.933. The van der Waals surface area contributed by atoms with Crippen LogP contribution in [0.4, 0.5) is 4.39 Å². The molecule has 1 aliphatic rings. The fraction of sp³-hybridized carbons (Fsp3) is 0.538. The van der Waals surface area contributed by atoms with Crippen LogP contribution in [0.1, 0.15) is 25.3 Å². The lowest BCUT2D eigenvalue weighted by Crippen LogP contribution is -2.13. The smallest absolute Gasteiger partial charge is 0.137 e. The molecule has 0 saturated heterocycles. The molecule has 3 unspecified atom stereocenters. The van der Waals surface area contributed by atoms with Gasteiger partial charge in [-0.1, -0.05) is 19.1 Å². The van der Waals surface area contributed by atoms with Crippen molar-refractivity contribution in [2.75, 3.05) is 0 Å². The van der Waals surface area contributed by atoms with Gasteiger partial charge in [0.25, 0.3) is 0 Å². The van der Waals surface area contributed by atoms with Crippen LogP contribution in [0, 0.1) is 17.7 Å². The maximum atomic E-state index is 13.4. The summed E-state index contributed by atoms with van der Waals surface area (Å²) in [6.07, 6.45) is 3.15. The van der Waals surface area contributed by atoms with Crippen molar-refractivity contribution in [2.24, 2.45) is 11.8 Å². The van der Waals surface area contributed by atoms with Crippen LogP contribution in [-0.2, 0) is 6.42 Å². The average Bonchev–Trinajstić information content (AvgIpc) is 2.57. The molecule has 0 aromatic heterocycles. The molecule has 0 amide bonds. The summed E-state index contributed by atoms with van der Waals surface area (Å²) in [6, 6.07) is 5.24. The van der Waals surface area contributed by atoms with Gasteiger partial charge in [-0.25, -0.2) is 4.39 Å². The van der Waals surface area contributed by atoms with E-state index in [1.807, 2.05) is 6.07 Å². The van der Waals surface area contributed by atoms with Crippen LogP contribution in [0.3, 0.4) is 0 Å². The zero-order valence-electron chi connectivity index (χ0n) is 9.22. The topological polar surface area (TPSA) is 0 Å². The van der Waals surface area contributed by atoms with Gasteiger partial charge in [0.2, 0.25) is 0 Å². The molecule has 0 nitrogen and oxygen atoms in total. The lowest BCUT2D eigenvalue weighted by Gasteiger charge is -2.17. The zero-order valence-corrected chi connectivity index (χ0v) is 11.6. The molecule has 1 saturated carbocycles. The van der Waals surface area contributed by atoms with Gasteiger partial charge >= 0.3 is 0 Å². The van der Waals surface area contributed by atoms with E-state index in [4.69, 9.17) is 11.6 Å². The maximum absolute atomic E-state index is 13.4. The van der Waals surface area contributed by atoms with E-state index in [-0.39, 0.29) is 11.2 Å². The summed E-state index contributed by atoms with van der Waals surface area (Å²) in [5, 5.41) is 0.289. The second-order valence-corrected chi connectivity index (χ2v) is 5.98. The third-order valence-corrected chi connectivity index (χ3v) is 5.14. The van der Waals surface area contributed by atoms with Crippen molar-refractivity contribution in [2.45, 2.75) is 31.6 Å². The first-order chi connectivity index (χ1) is 7.59. The summed E-state index contributed by atoms with van der Waals surface area (Å²) in [6.45, 7) is 2.20. The molecule has 1 aliphatic carbocycles. The van der Waals surface area contributed by atoms with Gasteiger partial charge in [-0.3, -0.25) is 0 Å². The highest BCUT2D eigenvalue weighted by Gasteiger charge is 2.31. The lowest BCUT2D eigenvalue weighted by atomic mass is 9.91. The van der Waals surface area contributed by atoms with Gasteiger partial charge in [-0.2, -0.15) is 0 Å². The van der Waals surface area contributed by atoms with Gasteiger partial charge in [-0.05, 0) is 58.7 Å². The van der Waals surface area contributed by atoms with Crippen LogP contribution in [0.15, 0.2) is 22.7 Å². The Morgan fingerprint density at radius 3 is 2.81 bits per heavy atom. The summed E-state index contributed by atoms with van der Waals surface area (Å²) in [5.41, 5.74) is 1.06. The number of benzene rings is 1. The van der Waals surface area contributed by atoms with Crippen LogP contribution < -0.4 is 0 Å². The molecule has 1 fully saturated rings. The predicted molar refractivity (Wildman–Crippen MR) is 69.3 cm³/mol. The van der Waals surface area contributed by atoms with Crippen molar-refractivity contribution in [3.05, 3.63) is 34.1 Å². The minimum Gasteiger partial charge on any atom is -0.206 e. The molecule has 88 valence electrons. The SMILES string of the molecule is CC1C(Cl)CCC1Cc1cccc(F)c1Br. The molecule has 0 aliphatic heterocycles. The Hall–Kier alpha value is -0.0800. The fourth-order valence-electron chi connectivity index (χ4n) is 2.47. The third-order valence-electron chi connectivity index (χ3n) is 3.64. The minimum atomic E-state index is -0.175.